The third-order valence-corrected chi connectivity index (χ3v) is 4.67. The fourth-order valence-corrected chi connectivity index (χ4v) is 3.72. The van der Waals surface area contributed by atoms with Crippen molar-refractivity contribution in [3.8, 4) is 0 Å². The molecule has 2 fully saturated rings. The standard InChI is InChI=1S/C13H20O3/c1-13-7-2-3-10(13)9(4-5-12(15)16)11(14)6-8-13/h9-10H,2-8H2,1H3,(H,15,16). The maximum Gasteiger partial charge on any atom is 0.303 e. The van der Waals surface area contributed by atoms with Gasteiger partial charge in [-0.05, 0) is 37.0 Å². The average molecular weight is 224 g/mol. The Hall–Kier alpha value is -0.860. The molecular formula is C13H20O3. The molecule has 0 amide bonds. The molecule has 0 spiro atoms. The molecule has 3 unspecified atom stereocenters. The predicted molar refractivity (Wildman–Crippen MR) is 60.0 cm³/mol. The summed E-state index contributed by atoms with van der Waals surface area (Å²) in [4.78, 5) is 22.5. The zero-order chi connectivity index (χ0) is 11.8. The second-order valence-corrected chi connectivity index (χ2v) is 5.66. The minimum absolute atomic E-state index is 0.0253. The van der Waals surface area contributed by atoms with Crippen LogP contribution in [0.1, 0.15) is 51.9 Å². The molecule has 16 heavy (non-hydrogen) atoms. The van der Waals surface area contributed by atoms with Gasteiger partial charge in [0, 0.05) is 18.8 Å². The summed E-state index contributed by atoms with van der Waals surface area (Å²) < 4.78 is 0. The zero-order valence-corrected chi connectivity index (χ0v) is 9.87. The van der Waals surface area contributed by atoms with Crippen molar-refractivity contribution in [2.45, 2.75) is 51.9 Å². The highest BCUT2D eigenvalue weighted by atomic mass is 16.4. The largest absolute Gasteiger partial charge is 0.481 e. The van der Waals surface area contributed by atoms with Gasteiger partial charge in [0.05, 0.1) is 0 Å². The summed E-state index contributed by atoms with van der Waals surface area (Å²) in [5, 5.41) is 8.72. The molecular weight excluding hydrogens is 204 g/mol. The van der Waals surface area contributed by atoms with Gasteiger partial charge in [0.1, 0.15) is 5.78 Å². The zero-order valence-electron chi connectivity index (χ0n) is 9.87. The van der Waals surface area contributed by atoms with Crippen molar-refractivity contribution in [1.82, 2.24) is 0 Å². The molecule has 0 aromatic rings. The Morgan fingerprint density at radius 3 is 2.94 bits per heavy atom. The Kier molecular flexibility index (Phi) is 3.04. The van der Waals surface area contributed by atoms with Gasteiger partial charge in [-0.1, -0.05) is 13.3 Å². The number of fused-ring (bicyclic) bond motifs is 1. The summed E-state index contributed by atoms with van der Waals surface area (Å²) in [7, 11) is 0. The molecule has 3 nitrogen and oxygen atoms in total. The van der Waals surface area contributed by atoms with E-state index in [0.717, 1.165) is 12.8 Å². The Labute approximate surface area is 96.2 Å². The van der Waals surface area contributed by atoms with E-state index in [2.05, 4.69) is 6.92 Å². The fourth-order valence-electron chi connectivity index (χ4n) is 3.72. The van der Waals surface area contributed by atoms with E-state index in [-0.39, 0.29) is 12.3 Å². The van der Waals surface area contributed by atoms with Crippen molar-refractivity contribution >= 4 is 11.8 Å². The SMILES string of the molecule is CC12CCCC1C(CCC(=O)O)C(=O)CC2. The van der Waals surface area contributed by atoms with E-state index in [1.54, 1.807) is 0 Å². The number of carboxylic acids is 1. The Morgan fingerprint density at radius 2 is 2.25 bits per heavy atom. The average Bonchev–Trinajstić information content (AvgIpc) is 2.59. The lowest BCUT2D eigenvalue weighted by Gasteiger charge is -2.41. The summed E-state index contributed by atoms with van der Waals surface area (Å²) in [6, 6.07) is 0. The number of carbonyl (C=O) groups is 2. The predicted octanol–water partition coefficient (Wildman–Crippen LogP) is 2.64. The van der Waals surface area contributed by atoms with E-state index in [0.29, 0.717) is 30.0 Å². The number of hydrogen-bond donors (Lipinski definition) is 1. The lowest BCUT2D eigenvalue weighted by atomic mass is 9.63. The van der Waals surface area contributed by atoms with Gasteiger partial charge in [-0.3, -0.25) is 9.59 Å². The summed E-state index contributed by atoms with van der Waals surface area (Å²) >= 11 is 0. The van der Waals surface area contributed by atoms with Crippen LogP contribution in [0.4, 0.5) is 0 Å². The van der Waals surface area contributed by atoms with Crippen molar-refractivity contribution in [2.24, 2.45) is 17.3 Å². The first-order valence-electron chi connectivity index (χ1n) is 6.27. The van der Waals surface area contributed by atoms with Crippen LogP contribution >= 0.6 is 0 Å². The maximum absolute atomic E-state index is 11.9. The minimum Gasteiger partial charge on any atom is -0.481 e. The smallest absolute Gasteiger partial charge is 0.303 e. The van der Waals surface area contributed by atoms with Crippen molar-refractivity contribution < 1.29 is 14.7 Å². The number of hydrogen-bond acceptors (Lipinski definition) is 2. The highest BCUT2D eigenvalue weighted by Gasteiger charge is 2.48. The molecule has 0 bridgehead atoms. The number of rotatable bonds is 3. The van der Waals surface area contributed by atoms with Gasteiger partial charge in [0.25, 0.3) is 0 Å². The molecule has 1 N–H and O–H groups in total. The summed E-state index contributed by atoms with van der Waals surface area (Å²) in [6.45, 7) is 2.28. The number of ketones is 1. The van der Waals surface area contributed by atoms with Crippen LogP contribution in [0, 0.1) is 17.3 Å². The van der Waals surface area contributed by atoms with Gasteiger partial charge in [-0.15, -0.1) is 0 Å². The number of carboxylic acid groups (broad SMARTS) is 1. The molecule has 2 saturated carbocycles. The second-order valence-electron chi connectivity index (χ2n) is 5.66. The van der Waals surface area contributed by atoms with Crippen LogP contribution in [-0.4, -0.2) is 16.9 Å². The molecule has 0 aliphatic heterocycles. The third-order valence-electron chi connectivity index (χ3n) is 4.67. The molecule has 2 rings (SSSR count). The molecule has 3 atom stereocenters. The van der Waals surface area contributed by atoms with Crippen molar-refractivity contribution in [1.29, 1.82) is 0 Å². The van der Waals surface area contributed by atoms with Crippen molar-refractivity contribution in [2.75, 3.05) is 0 Å². The first kappa shape index (κ1) is 11.6. The molecule has 0 saturated heterocycles. The van der Waals surface area contributed by atoms with E-state index >= 15 is 0 Å². The molecule has 0 radical (unpaired) electrons. The third kappa shape index (κ3) is 2.00. The lowest BCUT2D eigenvalue weighted by Crippen LogP contribution is -2.38. The Morgan fingerprint density at radius 1 is 1.50 bits per heavy atom. The fraction of sp³-hybridized carbons (Fsp3) is 0.846. The van der Waals surface area contributed by atoms with Crippen LogP contribution in [-0.2, 0) is 9.59 Å². The van der Waals surface area contributed by atoms with Crippen molar-refractivity contribution in [3.63, 3.8) is 0 Å². The highest BCUT2D eigenvalue weighted by Crippen LogP contribution is 2.54. The second kappa shape index (κ2) is 4.19. The molecule has 0 heterocycles. The van der Waals surface area contributed by atoms with Crippen LogP contribution in [0.2, 0.25) is 0 Å². The van der Waals surface area contributed by atoms with Gasteiger partial charge in [-0.2, -0.15) is 0 Å². The lowest BCUT2D eigenvalue weighted by molar-refractivity contribution is -0.138. The Balaban J connectivity index is 2.08. The van der Waals surface area contributed by atoms with Crippen molar-refractivity contribution in [3.05, 3.63) is 0 Å². The van der Waals surface area contributed by atoms with E-state index in [4.69, 9.17) is 5.11 Å². The van der Waals surface area contributed by atoms with Gasteiger partial charge in [0.2, 0.25) is 0 Å². The summed E-state index contributed by atoms with van der Waals surface area (Å²) in [5.41, 5.74) is 0.317. The minimum atomic E-state index is -0.780. The van der Waals surface area contributed by atoms with Crippen LogP contribution in [0.15, 0.2) is 0 Å². The first-order chi connectivity index (χ1) is 7.53. The number of Topliss-reactive ketones (excluding diaryl/α,β-unsaturated/α-hetero) is 1. The molecule has 90 valence electrons. The van der Waals surface area contributed by atoms with Gasteiger partial charge < -0.3 is 5.11 Å². The molecule has 0 aromatic carbocycles. The van der Waals surface area contributed by atoms with E-state index in [1.165, 1.54) is 12.8 Å². The first-order valence-corrected chi connectivity index (χ1v) is 6.27. The quantitative estimate of drug-likeness (QED) is 0.801. The monoisotopic (exact) mass is 224 g/mol. The van der Waals surface area contributed by atoms with E-state index in [1.807, 2.05) is 0 Å². The number of aliphatic carboxylic acids is 1. The molecule has 0 aromatic heterocycles. The van der Waals surface area contributed by atoms with Crippen LogP contribution in [0.3, 0.4) is 0 Å². The topological polar surface area (TPSA) is 54.4 Å². The van der Waals surface area contributed by atoms with Gasteiger partial charge in [-0.25, -0.2) is 0 Å². The maximum atomic E-state index is 11.9. The van der Waals surface area contributed by atoms with Crippen LogP contribution in [0.25, 0.3) is 0 Å². The van der Waals surface area contributed by atoms with Crippen LogP contribution in [0.5, 0.6) is 0 Å². The highest BCUT2D eigenvalue weighted by molar-refractivity contribution is 5.83. The summed E-state index contributed by atoms with van der Waals surface area (Å²) in [5.74, 6) is 0.00847. The van der Waals surface area contributed by atoms with Gasteiger partial charge in [0.15, 0.2) is 0 Å². The molecule has 3 heteroatoms. The molecule has 2 aliphatic rings. The summed E-state index contributed by atoms with van der Waals surface area (Å²) in [6.07, 6.45) is 5.91. The number of carbonyl (C=O) groups excluding carboxylic acids is 1. The Bertz CT molecular complexity index is 310. The van der Waals surface area contributed by atoms with E-state index < -0.39 is 5.97 Å². The normalized spacial score (nSPS) is 38.4. The van der Waals surface area contributed by atoms with E-state index in [9.17, 15) is 9.59 Å². The molecule has 2 aliphatic carbocycles. The van der Waals surface area contributed by atoms with Crippen LogP contribution < -0.4 is 0 Å². The van der Waals surface area contributed by atoms with Gasteiger partial charge >= 0.3 is 5.97 Å².